The van der Waals surface area contributed by atoms with Gasteiger partial charge in [-0.3, -0.25) is 4.90 Å². The van der Waals surface area contributed by atoms with Gasteiger partial charge in [0.15, 0.2) is 0 Å². The maximum atomic E-state index is 12.0. The first-order valence-corrected chi connectivity index (χ1v) is 13.8. The van der Waals surface area contributed by atoms with E-state index in [9.17, 15) is 4.79 Å². The number of ether oxygens (including phenoxy) is 1. The molecule has 1 saturated carbocycles. The van der Waals surface area contributed by atoms with Crippen molar-refractivity contribution in [3.63, 3.8) is 0 Å². The number of likely N-dealkylation sites (tertiary alicyclic amines) is 1. The molecular weight excluding hydrogens is 451 g/mol. The third-order valence-corrected chi connectivity index (χ3v) is 8.52. The Labute approximate surface area is 219 Å². The summed E-state index contributed by atoms with van der Waals surface area (Å²) in [6.07, 6.45) is 1.95. The monoisotopic (exact) mass is 498 g/mol. The Morgan fingerprint density at radius 1 is 1.08 bits per heavy atom. The standard InChI is InChI=1S/C29H47BN2O4/c1-19(2)14-22(32-17-24-23(25(24)18-32)16-31-26(33)34-27(3,4)5)15-20-10-12-21(13-11-20)30-35-28(6,7)29(8,9)36-30/h10-13,19,22-25H,14-18H2,1-9H3,(H,31,33). The van der Waals surface area contributed by atoms with Gasteiger partial charge in [0.05, 0.1) is 11.2 Å². The predicted molar refractivity (Wildman–Crippen MR) is 145 cm³/mol. The summed E-state index contributed by atoms with van der Waals surface area (Å²) >= 11 is 0. The largest absolute Gasteiger partial charge is 0.494 e. The van der Waals surface area contributed by atoms with Crippen LogP contribution in [-0.4, -0.2) is 60.6 Å². The van der Waals surface area contributed by atoms with E-state index < -0.39 is 5.60 Å². The Morgan fingerprint density at radius 3 is 2.14 bits per heavy atom. The van der Waals surface area contributed by atoms with Crippen molar-refractivity contribution in [2.75, 3.05) is 19.6 Å². The van der Waals surface area contributed by atoms with E-state index in [2.05, 4.69) is 76.0 Å². The SMILES string of the molecule is CC(C)CC(Cc1ccc(B2OC(C)(C)C(C)(C)O2)cc1)N1CC2C(CNC(=O)OC(C)(C)C)C2C1. The van der Waals surface area contributed by atoms with Crippen molar-refractivity contribution >= 4 is 18.7 Å². The minimum Gasteiger partial charge on any atom is -0.444 e. The van der Waals surface area contributed by atoms with Crippen molar-refractivity contribution in [2.45, 2.75) is 98.0 Å². The lowest BCUT2D eigenvalue weighted by molar-refractivity contribution is 0.00578. The first-order chi connectivity index (χ1) is 16.6. The fraction of sp³-hybridized carbons (Fsp3) is 0.759. The Balaban J connectivity index is 1.30. The van der Waals surface area contributed by atoms with Gasteiger partial charge in [0.1, 0.15) is 5.60 Å². The average Bonchev–Trinajstić information content (AvgIpc) is 3.07. The number of rotatable bonds is 8. The Morgan fingerprint density at radius 2 is 1.64 bits per heavy atom. The van der Waals surface area contributed by atoms with Gasteiger partial charge in [-0.15, -0.1) is 0 Å². The van der Waals surface area contributed by atoms with Crippen LogP contribution < -0.4 is 10.8 Å². The molecule has 0 spiro atoms. The van der Waals surface area contributed by atoms with Gasteiger partial charge in [-0.05, 0) is 96.0 Å². The molecule has 6 nitrogen and oxygen atoms in total. The van der Waals surface area contributed by atoms with Crippen LogP contribution in [0, 0.1) is 23.7 Å². The highest BCUT2D eigenvalue weighted by atomic mass is 16.7. The summed E-state index contributed by atoms with van der Waals surface area (Å²) in [7, 11) is -0.313. The molecule has 3 atom stereocenters. The molecule has 0 aromatic heterocycles. The lowest BCUT2D eigenvalue weighted by Crippen LogP contribution is -2.41. The average molecular weight is 499 g/mol. The van der Waals surface area contributed by atoms with Crippen molar-refractivity contribution in [2.24, 2.45) is 23.7 Å². The van der Waals surface area contributed by atoms with Crippen molar-refractivity contribution < 1.29 is 18.8 Å². The number of fused-ring (bicyclic) bond motifs is 1. The third kappa shape index (κ3) is 6.28. The summed E-state index contributed by atoms with van der Waals surface area (Å²) in [5, 5.41) is 2.98. The van der Waals surface area contributed by atoms with E-state index in [4.69, 9.17) is 14.0 Å². The van der Waals surface area contributed by atoms with Crippen molar-refractivity contribution in [3.8, 4) is 0 Å². The number of hydrogen-bond acceptors (Lipinski definition) is 5. The molecular formula is C29H47BN2O4. The molecule has 3 unspecified atom stereocenters. The molecule has 0 bridgehead atoms. The number of amides is 1. The van der Waals surface area contributed by atoms with E-state index in [1.165, 1.54) is 12.0 Å². The number of hydrogen-bond donors (Lipinski definition) is 1. The van der Waals surface area contributed by atoms with Crippen LogP contribution in [0.3, 0.4) is 0 Å². The molecule has 1 aromatic carbocycles. The lowest BCUT2D eigenvalue weighted by Gasteiger charge is -2.32. The highest BCUT2D eigenvalue weighted by Crippen LogP contribution is 2.52. The van der Waals surface area contributed by atoms with E-state index in [1.807, 2.05) is 20.8 Å². The van der Waals surface area contributed by atoms with Crippen LogP contribution in [0.25, 0.3) is 0 Å². The van der Waals surface area contributed by atoms with E-state index in [0.29, 0.717) is 29.7 Å². The molecule has 3 fully saturated rings. The minimum atomic E-state index is -0.451. The normalized spacial score (nSPS) is 27.7. The molecule has 1 N–H and O–H groups in total. The van der Waals surface area contributed by atoms with Crippen LogP contribution >= 0.6 is 0 Å². The second kappa shape index (κ2) is 9.96. The number of carbonyl (C=O) groups excluding carboxylic acids is 1. The zero-order valence-corrected chi connectivity index (χ0v) is 23.9. The first-order valence-electron chi connectivity index (χ1n) is 13.8. The second-order valence-electron chi connectivity index (χ2n) is 13.6. The highest BCUT2D eigenvalue weighted by molar-refractivity contribution is 6.62. The Bertz CT molecular complexity index is 896. The van der Waals surface area contributed by atoms with E-state index in [1.54, 1.807) is 0 Å². The van der Waals surface area contributed by atoms with Gasteiger partial charge in [-0.25, -0.2) is 4.79 Å². The fourth-order valence-corrected chi connectivity index (χ4v) is 5.77. The molecule has 1 aliphatic carbocycles. The topological polar surface area (TPSA) is 60.0 Å². The van der Waals surface area contributed by atoms with Crippen LogP contribution in [0.5, 0.6) is 0 Å². The van der Waals surface area contributed by atoms with Crippen LogP contribution in [0.2, 0.25) is 0 Å². The number of benzene rings is 1. The minimum absolute atomic E-state index is 0.300. The smallest absolute Gasteiger partial charge is 0.444 e. The molecule has 3 aliphatic rings. The van der Waals surface area contributed by atoms with Crippen molar-refractivity contribution in [3.05, 3.63) is 29.8 Å². The Kier molecular flexibility index (Phi) is 7.60. The van der Waals surface area contributed by atoms with Gasteiger partial charge < -0.3 is 19.4 Å². The summed E-state index contributed by atoms with van der Waals surface area (Å²) < 4.78 is 17.8. The molecule has 0 radical (unpaired) electrons. The number of alkyl carbamates (subject to hydrolysis) is 1. The van der Waals surface area contributed by atoms with Gasteiger partial charge in [-0.1, -0.05) is 38.1 Å². The van der Waals surface area contributed by atoms with E-state index >= 15 is 0 Å². The maximum absolute atomic E-state index is 12.0. The highest BCUT2D eigenvalue weighted by Gasteiger charge is 2.56. The van der Waals surface area contributed by atoms with Crippen LogP contribution in [-0.2, 0) is 20.5 Å². The van der Waals surface area contributed by atoms with Gasteiger partial charge in [0, 0.05) is 25.7 Å². The summed E-state index contributed by atoms with van der Waals surface area (Å²) in [6, 6.07) is 9.38. The molecule has 2 saturated heterocycles. The summed E-state index contributed by atoms with van der Waals surface area (Å²) in [4.78, 5) is 14.7. The molecule has 2 heterocycles. The molecule has 36 heavy (non-hydrogen) atoms. The maximum Gasteiger partial charge on any atom is 0.494 e. The molecule has 1 aromatic rings. The van der Waals surface area contributed by atoms with Gasteiger partial charge in [0.2, 0.25) is 0 Å². The van der Waals surface area contributed by atoms with Crippen molar-refractivity contribution in [1.82, 2.24) is 10.2 Å². The number of piperidine rings is 1. The van der Waals surface area contributed by atoms with Crippen LogP contribution in [0.4, 0.5) is 4.79 Å². The molecule has 1 amide bonds. The van der Waals surface area contributed by atoms with Crippen LogP contribution in [0.1, 0.15) is 74.3 Å². The van der Waals surface area contributed by atoms with Gasteiger partial charge in [0.25, 0.3) is 0 Å². The molecule has 7 heteroatoms. The van der Waals surface area contributed by atoms with Gasteiger partial charge >= 0.3 is 13.2 Å². The molecule has 200 valence electrons. The predicted octanol–water partition coefficient (Wildman–Crippen LogP) is 4.65. The Hall–Kier alpha value is -1.57. The summed E-state index contributed by atoms with van der Waals surface area (Å²) in [6.45, 7) is 21.7. The second-order valence-corrected chi connectivity index (χ2v) is 13.6. The van der Waals surface area contributed by atoms with Gasteiger partial charge in [-0.2, -0.15) is 0 Å². The fourth-order valence-electron chi connectivity index (χ4n) is 5.77. The number of nitrogens with one attached hydrogen (secondary N) is 1. The quantitative estimate of drug-likeness (QED) is 0.529. The molecule has 2 aliphatic heterocycles. The zero-order chi connectivity index (χ0) is 26.5. The third-order valence-electron chi connectivity index (χ3n) is 8.52. The summed E-state index contributed by atoms with van der Waals surface area (Å²) in [5.74, 6) is 2.63. The summed E-state index contributed by atoms with van der Waals surface area (Å²) in [5.41, 5.74) is 1.35. The number of carbonyl (C=O) groups is 1. The molecule has 4 rings (SSSR count). The number of nitrogens with zero attached hydrogens (tertiary/aromatic N) is 1. The van der Waals surface area contributed by atoms with Crippen molar-refractivity contribution in [1.29, 1.82) is 0 Å². The lowest BCUT2D eigenvalue weighted by atomic mass is 9.78. The first kappa shape index (κ1) is 27.5. The van der Waals surface area contributed by atoms with Crippen LogP contribution in [0.15, 0.2) is 24.3 Å². The zero-order valence-electron chi connectivity index (χ0n) is 23.9. The van der Waals surface area contributed by atoms with E-state index in [0.717, 1.165) is 31.5 Å². The van der Waals surface area contributed by atoms with E-state index in [-0.39, 0.29) is 24.4 Å².